The van der Waals surface area contributed by atoms with Gasteiger partial charge in [0, 0.05) is 31.5 Å². The molecular formula is C30H31F2N3O3. The van der Waals surface area contributed by atoms with Gasteiger partial charge in [0.05, 0.1) is 12.5 Å². The number of hydrogen-bond acceptors (Lipinski definition) is 4. The number of amides is 3. The lowest BCUT2D eigenvalue weighted by Gasteiger charge is -2.36. The molecule has 4 rings (SSSR count). The topological polar surface area (TPSA) is 83.7 Å². The molecular weight excluding hydrogens is 488 g/mol. The van der Waals surface area contributed by atoms with Crippen LogP contribution >= 0.6 is 0 Å². The molecule has 1 fully saturated rings. The third-order valence-electron chi connectivity index (χ3n) is 6.99. The van der Waals surface area contributed by atoms with Crippen LogP contribution in [0.15, 0.2) is 78.9 Å². The van der Waals surface area contributed by atoms with Gasteiger partial charge in [-0.25, -0.2) is 8.78 Å². The Balaban J connectivity index is 1.81. The molecule has 2 N–H and O–H groups in total. The van der Waals surface area contributed by atoms with Crippen LogP contribution in [-0.4, -0.2) is 53.2 Å². The lowest BCUT2D eigenvalue weighted by atomic mass is 9.81. The van der Waals surface area contributed by atoms with Crippen molar-refractivity contribution in [1.82, 2.24) is 9.80 Å². The molecule has 6 nitrogen and oxygen atoms in total. The average molecular weight is 520 g/mol. The van der Waals surface area contributed by atoms with Gasteiger partial charge in [-0.1, -0.05) is 60.7 Å². The van der Waals surface area contributed by atoms with E-state index in [2.05, 4.69) is 0 Å². The second-order valence-electron chi connectivity index (χ2n) is 9.87. The van der Waals surface area contributed by atoms with Crippen molar-refractivity contribution >= 4 is 17.7 Å². The van der Waals surface area contributed by atoms with E-state index in [-0.39, 0.29) is 11.5 Å². The van der Waals surface area contributed by atoms with E-state index in [1.807, 2.05) is 60.7 Å². The molecule has 3 aromatic carbocycles. The summed E-state index contributed by atoms with van der Waals surface area (Å²) in [6, 6.07) is 19.6. The van der Waals surface area contributed by atoms with E-state index in [1.165, 1.54) is 6.92 Å². The maximum absolute atomic E-state index is 14.0. The normalized spacial score (nSPS) is 20.5. The number of benzene rings is 3. The van der Waals surface area contributed by atoms with Crippen molar-refractivity contribution in [2.75, 3.05) is 13.6 Å². The van der Waals surface area contributed by atoms with Crippen LogP contribution in [0.2, 0.25) is 0 Å². The van der Waals surface area contributed by atoms with Crippen molar-refractivity contribution < 1.29 is 23.2 Å². The predicted molar refractivity (Wildman–Crippen MR) is 140 cm³/mol. The summed E-state index contributed by atoms with van der Waals surface area (Å²) in [5, 5.41) is 0. The number of carbonyl (C=O) groups excluding carboxylic acids is 3. The van der Waals surface area contributed by atoms with Gasteiger partial charge in [-0.3, -0.25) is 19.3 Å². The number of hydrogen-bond donors (Lipinski definition) is 1. The van der Waals surface area contributed by atoms with Gasteiger partial charge >= 0.3 is 0 Å². The smallest absolute Gasteiger partial charge is 0.246 e. The quantitative estimate of drug-likeness (QED) is 0.534. The van der Waals surface area contributed by atoms with Crippen LogP contribution < -0.4 is 5.73 Å². The van der Waals surface area contributed by atoms with Crippen LogP contribution in [0.3, 0.4) is 0 Å². The molecule has 4 atom stereocenters. The fourth-order valence-electron chi connectivity index (χ4n) is 5.21. The Morgan fingerprint density at radius 1 is 0.974 bits per heavy atom. The summed E-state index contributed by atoms with van der Waals surface area (Å²) in [5.41, 5.74) is 7.86. The first-order valence-corrected chi connectivity index (χ1v) is 12.6. The van der Waals surface area contributed by atoms with Crippen LogP contribution in [0.25, 0.3) is 0 Å². The molecule has 8 heteroatoms. The molecule has 3 amide bonds. The highest BCUT2D eigenvalue weighted by Gasteiger charge is 2.45. The summed E-state index contributed by atoms with van der Waals surface area (Å²) < 4.78 is 27.7. The van der Waals surface area contributed by atoms with E-state index in [4.69, 9.17) is 5.73 Å². The molecule has 1 aliphatic rings. The maximum atomic E-state index is 14.0. The maximum Gasteiger partial charge on any atom is 0.246 e. The van der Waals surface area contributed by atoms with Crippen LogP contribution in [0.1, 0.15) is 41.9 Å². The number of nitrogens with two attached hydrogens (primary N) is 1. The predicted octanol–water partition coefficient (Wildman–Crippen LogP) is 4.01. The Morgan fingerprint density at radius 2 is 1.53 bits per heavy atom. The van der Waals surface area contributed by atoms with E-state index in [0.29, 0.717) is 19.0 Å². The van der Waals surface area contributed by atoms with Gasteiger partial charge in [0.2, 0.25) is 17.7 Å². The van der Waals surface area contributed by atoms with Crippen molar-refractivity contribution in [3.63, 3.8) is 0 Å². The molecule has 0 radical (unpaired) electrons. The van der Waals surface area contributed by atoms with Crippen LogP contribution in [0, 0.1) is 11.6 Å². The molecule has 0 aromatic heterocycles. The van der Waals surface area contributed by atoms with E-state index in [0.717, 1.165) is 28.2 Å². The number of halogens is 2. The fourth-order valence-corrected chi connectivity index (χ4v) is 5.21. The Morgan fingerprint density at radius 3 is 2.08 bits per heavy atom. The number of carbonyl (C=O) groups is 3. The Bertz CT molecular complexity index is 1280. The Hall–Kier alpha value is -3.91. The number of imide groups is 1. The molecule has 0 bridgehead atoms. The number of nitrogens with zero attached hydrogens (tertiary/aromatic N) is 2. The largest absolute Gasteiger partial charge is 0.343 e. The minimum Gasteiger partial charge on any atom is -0.343 e. The molecule has 198 valence electrons. The van der Waals surface area contributed by atoms with E-state index in [9.17, 15) is 23.2 Å². The van der Waals surface area contributed by atoms with Crippen molar-refractivity contribution in [3.05, 3.63) is 107 Å². The molecule has 1 heterocycles. The zero-order valence-corrected chi connectivity index (χ0v) is 21.4. The van der Waals surface area contributed by atoms with Gasteiger partial charge in [0.15, 0.2) is 0 Å². The summed E-state index contributed by atoms with van der Waals surface area (Å²) in [5.74, 6) is -4.13. The molecule has 0 unspecified atom stereocenters. The lowest BCUT2D eigenvalue weighted by Crippen LogP contribution is -2.58. The first-order chi connectivity index (χ1) is 18.2. The van der Waals surface area contributed by atoms with Gasteiger partial charge in [-0.05, 0) is 42.2 Å². The van der Waals surface area contributed by atoms with Gasteiger partial charge in [0.25, 0.3) is 0 Å². The molecule has 1 aliphatic heterocycles. The van der Waals surface area contributed by atoms with E-state index >= 15 is 0 Å². The van der Waals surface area contributed by atoms with Crippen molar-refractivity contribution in [1.29, 1.82) is 0 Å². The molecule has 3 aromatic rings. The highest BCUT2D eigenvalue weighted by molar-refractivity contribution is 6.03. The number of rotatable bonds is 6. The standard InChI is InChI=1S/C30H31F2N3O3/c1-19(33)29(37)35(27(36)15-20-13-24(31)17-25(32)14-20)28-26(22-11-7-4-8-12-22)16-23(18-34(2)30(28)38)21-9-5-3-6-10-21/h3-14,17,19,23,26,28H,15-16,18,33H2,1-2H3/t19-,23+,26+,28-/m0/s1. The van der Waals surface area contributed by atoms with Gasteiger partial charge in [0.1, 0.15) is 17.7 Å². The summed E-state index contributed by atoms with van der Waals surface area (Å²) >= 11 is 0. The van der Waals surface area contributed by atoms with E-state index < -0.39 is 53.8 Å². The molecule has 1 saturated heterocycles. The zero-order chi connectivity index (χ0) is 27.4. The monoisotopic (exact) mass is 519 g/mol. The van der Waals surface area contributed by atoms with Gasteiger partial charge < -0.3 is 10.6 Å². The van der Waals surface area contributed by atoms with E-state index in [1.54, 1.807) is 11.9 Å². The Kier molecular flexibility index (Phi) is 8.32. The SMILES string of the molecule is C[C@H](N)C(=O)N(C(=O)Cc1cc(F)cc(F)c1)[C@@H]1C(=O)N(C)C[C@H](c2ccccc2)C[C@@H]1c1ccccc1. The highest BCUT2D eigenvalue weighted by atomic mass is 19.1. The van der Waals surface area contributed by atoms with Crippen LogP contribution in [0.4, 0.5) is 8.78 Å². The summed E-state index contributed by atoms with van der Waals surface area (Å²) in [6.07, 6.45) is 0.0175. The Labute approximate surface area is 221 Å². The second-order valence-corrected chi connectivity index (χ2v) is 9.87. The average Bonchev–Trinajstić information content (AvgIpc) is 3.01. The summed E-state index contributed by atoms with van der Waals surface area (Å²) in [7, 11) is 1.65. The zero-order valence-electron chi connectivity index (χ0n) is 21.4. The molecule has 0 aliphatic carbocycles. The summed E-state index contributed by atoms with van der Waals surface area (Å²) in [4.78, 5) is 43.6. The number of likely N-dealkylation sites (tertiary alicyclic amines) is 1. The molecule has 0 saturated carbocycles. The van der Waals surface area contributed by atoms with Gasteiger partial charge in [-0.15, -0.1) is 0 Å². The minimum atomic E-state index is -1.18. The van der Waals surface area contributed by atoms with Crippen molar-refractivity contribution in [2.24, 2.45) is 5.73 Å². The van der Waals surface area contributed by atoms with Crippen molar-refractivity contribution in [2.45, 2.75) is 43.7 Å². The lowest BCUT2D eigenvalue weighted by molar-refractivity contribution is -0.155. The molecule has 38 heavy (non-hydrogen) atoms. The van der Waals surface area contributed by atoms with Crippen molar-refractivity contribution in [3.8, 4) is 0 Å². The fraction of sp³-hybridized carbons (Fsp3) is 0.300. The molecule has 0 spiro atoms. The van der Waals surface area contributed by atoms with Crippen LogP contribution in [0.5, 0.6) is 0 Å². The first-order valence-electron chi connectivity index (χ1n) is 12.6. The third-order valence-corrected chi connectivity index (χ3v) is 6.99. The van der Waals surface area contributed by atoms with Crippen LogP contribution in [-0.2, 0) is 20.8 Å². The highest BCUT2D eigenvalue weighted by Crippen LogP contribution is 2.38. The third kappa shape index (κ3) is 5.97. The summed E-state index contributed by atoms with van der Waals surface area (Å²) in [6.45, 7) is 1.84. The minimum absolute atomic E-state index is 0.0555. The first kappa shape index (κ1) is 27.1. The second kappa shape index (κ2) is 11.6. The number of likely N-dealkylation sites (N-methyl/N-ethyl adjacent to an activating group) is 1. The van der Waals surface area contributed by atoms with Gasteiger partial charge in [-0.2, -0.15) is 0 Å².